The van der Waals surface area contributed by atoms with Crippen LogP contribution in [0.15, 0.2) is 24.3 Å². The molecular formula is C15H22ClN3O. The summed E-state index contributed by atoms with van der Waals surface area (Å²) in [7, 11) is 0. The molecule has 1 aliphatic heterocycles. The van der Waals surface area contributed by atoms with E-state index in [0.717, 1.165) is 25.1 Å². The molecule has 5 heteroatoms. The third-order valence-corrected chi connectivity index (χ3v) is 4.11. The highest BCUT2D eigenvalue weighted by molar-refractivity contribution is 6.30. The predicted molar refractivity (Wildman–Crippen MR) is 81.5 cm³/mol. The molecule has 0 aliphatic carbocycles. The minimum atomic E-state index is 0.0475. The van der Waals surface area contributed by atoms with E-state index >= 15 is 0 Å². The summed E-state index contributed by atoms with van der Waals surface area (Å²) in [6, 6.07) is 7.53. The van der Waals surface area contributed by atoms with Gasteiger partial charge in [-0.15, -0.1) is 0 Å². The summed E-state index contributed by atoms with van der Waals surface area (Å²) < 4.78 is 0. The van der Waals surface area contributed by atoms with Crippen molar-refractivity contribution in [3.63, 3.8) is 0 Å². The highest BCUT2D eigenvalue weighted by Crippen LogP contribution is 2.27. The number of halogens is 1. The number of amides is 1. The van der Waals surface area contributed by atoms with Crippen LogP contribution in [0.2, 0.25) is 5.02 Å². The molecule has 20 heavy (non-hydrogen) atoms. The van der Waals surface area contributed by atoms with Crippen molar-refractivity contribution in [1.29, 1.82) is 0 Å². The zero-order chi connectivity index (χ0) is 14.6. The van der Waals surface area contributed by atoms with Crippen molar-refractivity contribution >= 4 is 17.5 Å². The molecule has 1 atom stereocenters. The largest absolute Gasteiger partial charge is 0.351 e. The number of hydrogen-bond donors (Lipinski definition) is 2. The van der Waals surface area contributed by atoms with Gasteiger partial charge in [0.15, 0.2) is 0 Å². The lowest BCUT2D eigenvalue weighted by molar-refractivity contribution is -0.122. The summed E-state index contributed by atoms with van der Waals surface area (Å²) in [5.41, 5.74) is 6.94. The van der Waals surface area contributed by atoms with Crippen LogP contribution in [0.1, 0.15) is 18.9 Å². The van der Waals surface area contributed by atoms with Crippen LogP contribution in [0.25, 0.3) is 0 Å². The molecule has 0 aromatic heterocycles. The monoisotopic (exact) mass is 295 g/mol. The molecule has 110 valence electrons. The minimum absolute atomic E-state index is 0.0475. The molecule has 1 fully saturated rings. The summed E-state index contributed by atoms with van der Waals surface area (Å²) >= 11 is 5.91. The van der Waals surface area contributed by atoms with Gasteiger partial charge in [0.05, 0.1) is 6.54 Å². The van der Waals surface area contributed by atoms with Crippen LogP contribution in [0, 0.1) is 5.41 Å². The van der Waals surface area contributed by atoms with Gasteiger partial charge in [-0.1, -0.05) is 30.7 Å². The molecule has 0 saturated carbocycles. The number of carbonyl (C=O) groups is 1. The lowest BCUT2D eigenvalue weighted by Gasteiger charge is -2.22. The van der Waals surface area contributed by atoms with Gasteiger partial charge in [-0.2, -0.15) is 0 Å². The third kappa shape index (κ3) is 4.20. The molecule has 1 aliphatic rings. The Hall–Kier alpha value is -1.10. The van der Waals surface area contributed by atoms with E-state index in [-0.39, 0.29) is 11.3 Å². The number of likely N-dealkylation sites (tertiary alicyclic amines) is 1. The number of nitrogens with two attached hydrogens (primary N) is 1. The lowest BCUT2D eigenvalue weighted by Crippen LogP contribution is -2.38. The van der Waals surface area contributed by atoms with Gasteiger partial charge in [0.2, 0.25) is 5.91 Å². The fourth-order valence-corrected chi connectivity index (χ4v) is 2.75. The Morgan fingerprint density at radius 1 is 1.55 bits per heavy atom. The third-order valence-electron chi connectivity index (χ3n) is 3.88. The zero-order valence-electron chi connectivity index (χ0n) is 11.9. The Morgan fingerprint density at radius 2 is 2.35 bits per heavy atom. The number of nitrogens with zero attached hydrogens (tertiary/aromatic N) is 1. The normalized spacial score (nSPS) is 22.9. The smallest absolute Gasteiger partial charge is 0.234 e. The second-order valence-corrected chi connectivity index (χ2v) is 6.32. The maximum absolute atomic E-state index is 11.9. The first-order valence-electron chi connectivity index (χ1n) is 6.94. The standard InChI is InChI=1S/C15H22ClN3O/c1-15(10-17)5-6-19(11-15)9-14(20)18-8-12-3-2-4-13(16)7-12/h2-4,7H,5-6,8-11,17H2,1H3,(H,18,20). The average Bonchev–Trinajstić information content (AvgIpc) is 2.79. The number of carbonyl (C=O) groups excluding carboxylic acids is 1. The molecule has 0 radical (unpaired) electrons. The van der Waals surface area contributed by atoms with Gasteiger partial charge in [-0.25, -0.2) is 0 Å². The maximum atomic E-state index is 11.9. The van der Waals surface area contributed by atoms with Crippen LogP contribution < -0.4 is 11.1 Å². The highest BCUT2D eigenvalue weighted by atomic mass is 35.5. The quantitative estimate of drug-likeness (QED) is 0.868. The summed E-state index contributed by atoms with van der Waals surface area (Å²) in [5, 5.41) is 3.62. The Balaban J connectivity index is 1.76. The molecule has 1 aromatic carbocycles. The molecule has 3 N–H and O–H groups in total. The summed E-state index contributed by atoms with van der Waals surface area (Å²) in [6.07, 6.45) is 1.06. The van der Waals surface area contributed by atoms with Crippen molar-refractivity contribution < 1.29 is 4.79 Å². The van der Waals surface area contributed by atoms with Crippen LogP contribution >= 0.6 is 11.6 Å². The molecule has 4 nitrogen and oxygen atoms in total. The Labute approximate surface area is 125 Å². The van der Waals surface area contributed by atoms with Gasteiger partial charge < -0.3 is 11.1 Å². The fraction of sp³-hybridized carbons (Fsp3) is 0.533. The minimum Gasteiger partial charge on any atom is -0.351 e. The van der Waals surface area contributed by atoms with Crippen molar-refractivity contribution in [3.05, 3.63) is 34.9 Å². The number of nitrogens with one attached hydrogen (secondary N) is 1. The van der Waals surface area contributed by atoms with E-state index < -0.39 is 0 Å². The Kier molecular flexibility index (Phi) is 5.02. The van der Waals surface area contributed by atoms with Crippen LogP contribution in [0.3, 0.4) is 0 Å². The second-order valence-electron chi connectivity index (χ2n) is 5.88. The number of rotatable bonds is 5. The van der Waals surface area contributed by atoms with Gasteiger partial charge in [-0.05, 0) is 42.6 Å². The average molecular weight is 296 g/mol. The van der Waals surface area contributed by atoms with E-state index in [4.69, 9.17) is 17.3 Å². The van der Waals surface area contributed by atoms with Crippen molar-refractivity contribution in [3.8, 4) is 0 Å². The van der Waals surface area contributed by atoms with Gasteiger partial charge in [0.1, 0.15) is 0 Å². The van der Waals surface area contributed by atoms with E-state index in [2.05, 4.69) is 17.1 Å². The van der Waals surface area contributed by atoms with Gasteiger partial charge in [0.25, 0.3) is 0 Å². The molecule has 1 heterocycles. The summed E-state index contributed by atoms with van der Waals surface area (Å²) in [5.74, 6) is 0.0475. The van der Waals surface area contributed by atoms with Crippen LogP contribution in [0.5, 0.6) is 0 Å². The van der Waals surface area contributed by atoms with E-state index in [1.165, 1.54) is 0 Å². The first-order valence-corrected chi connectivity index (χ1v) is 7.32. The summed E-state index contributed by atoms with van der Waals surface area (Å²) in [6.45, 7) is 5.65. The molecule has 0 bridgehead atoms. The fourth-order valence-electron chi connectivity index (χ4n) is 2.53. The van der Waals surface area contributed by atoms with Crippen LogP contribution in [-0.2, 0) is 11.3 Å². The Morgan fingerprint density at radius 3 is 3.00 bits per heavy atom. The summed E-state index contributed by atoms with van der Waals surface area (Å²) in [4.78, 5) is 14.1. The molecule has 1 unspecified atom stereocenters. The molecular weight excluding hydrogens is 274 g/mol. The number of hydrogen-bond acceptors (Lipinski definition) is 3. The lowest BCUT2D eigenvalue weighted by atomic mass is 9.90. The predicted octanol–water partition coefficient (Wildman–Crippen LogP) is 1.63. The second kappa shape index (κ2) is 6.57. The van der Waals surface area contributed by atoms with Gasteiger partial charge in [-0.3, -0.25) is 9.69 Å². The van der Waals surface area contributed by atoms with Crippen molar-refractivity contribution in [2.75, 3.05) is 26.2 Å². The van der Waals surface area contributed by atoms with Crippen LogP contribution in [0.4, 0.5) is 0 Å². The van der Waals surface area contributed by atoms with Gasteiger partial charge >= 0.3 is 0 Å². The highest BCUT2D eigenvalue weighted by Gasteiger charge is 2.32. The van der Waals surface area contributed by atoms with Crippen molar-refractivity contribution in [2.24, 2.45) is 11.1 Å². The van der Waals surface area contributed by atoms with E-state index in [1.54, 1.807) is 0 Å². The number of benzene rings is 1. The molecule has 1 amide bonds. The Bertz CT molecular complexity index is 480. The molecule has 1 saturated heterocycles. The first-order chi connectivity index (χ1) is 9.50. The molecule has 1 aromatic rings. The van der Waals surface area contributed by atoms with Crippen molar-refractivity contribution in [2.45, 2.75) is 19.9 Å². The molecule has 2 rings (SSSR count). The molecule has 0 spiro atoms. The first kappa shape index (κ1) is 15.3. The van der Waals surface area contributed by atoms with Crippen molar-refractivity contribution in [1.82, 2.24) is 10.2 Å². The van der Waals surface area contributed by atoms with E-state index in [9.17, 15) is 4.79 Å². The van der Waals surface area contributed by atoms with E-state index in [1.807, 2.05) is 24.3 Å². The topological polar surface area (TPSA) is 58.4 Å². The van der Waals surface area contributed by atoms with Crippen LogP contribution in [-0.4, -0.2) is 37.0 Å². The van der Waals surface area contributed by atoms with Gasteiger partial charge in [0, 0.05) is 18.1 Å². The maximum Gasteiger partial charge on any atom is 0.234 e. The zero-order valence-corrected chi connectivity index (χ0v) is 12.6. The van der Waals surface area contributed by atoms with E-state index in [0.29, 0.717) is 24.7 Å². The SMILES string of the molecule is CC1(CN)CCN(CC(=O)NCc2cccc(Cl)c2)C1.